The molecule has 0 aliphatic heterocycles. The molecule has 0 bridgehead atoms. The zero-order valence-electron chi connectivity index (χ0n) is 11.3. The number of nitrogens with one attached hydrogen (secondary N) is 1. The number of nitrogen functional groups attached to an aromatic ring is 1. The van der Waals surface area contributed by atoms with Gasteiger partial charge in [0.15, 0.2) is 5.65 Å². The number of nitrogens with two attached hydrogens (primary N) is 1. The Labute approximate surface area is 126 Å². The van der Waals surface area contributed by atoms with Crippen LogP contribution in [0.3, 0.4) is 0 Å². The SMILES string of the molecule is NNc1c2c(nc3cc(-c4cccc(Cl)c4)nn13)CCC2. The molecule has 0 atom stereocenters. The fraction of sp³-hybridized carbons (Fsp3) is 0.200. The van der Waals surface area contributed by atoms with Crippen molar-refractivity contribution in [3.63, 3.8) is 0 Å². The highest BCUT2D eigenvalue weighted by molar-refractivity contribution is 6.30. The van der Waals surface area contributed by atoms with Crippen molar-refractivity contribution in [2.75, 3.05) is 5.43 Å². The van der Waals surface area contributed by atoms with Crippen LogP contribution in [-0.4, -0.2) is 14.6 Å². The Bertz CT molecular complexity index is 839. The van der Waals surface area contributed by atoms with Gasteiger partial charge in [0.05, 0.1) is 5.69 Å². The van der Waals surface area contributed by atoms with Crippen LogP contribution in [0.15, 0.2) is 30.3 Å². The third kappa shape index (κ3) is 1.97. The molecule has 6 heteroatoms. The molecule has 4 rings (SSSR count). The summed E-state index contributed by atoms with van der Waals surface area (Å²) in [6, 6.07) is 9.60. The second-order valence-electron chi connectivity index (χ2n) is 5.19. The predicted octanol–water partition coefficient (Wildman–Crippen LogP) is 2.82. The molecule has 0 radical (unpaired) electrons. The number of aryl methyl sites for hydroxylation is 1. The van der Waals surface area contributed by atoms with E-state index in [0.29, 0.717) is 5.02 Å². The molecule has 21 heavy (non-hydrogen) atoms. The van der Waals surface area contributed by atoms with Gasteiger partial charge in [-0.05, 0) is 31.4 Å². The fourth-order valence-electron chi connectivity index (χ4n) is 2.92. The van der Waals surface area contributed by atoms with Crippen molar-refractivity contribution in [1.29, 1.82) is 0 Å². The van der Waals surface area contributed by atoms with Gasteiger partial charge in [-0.1, -0.05) is 23.7 Å². The molecule has 1 aromatic carbocycles. The summed E-state index contributed by atoms with van der Waals surface area (Å²) < 4.78 is 1.78. The summed E-state index contributed by atoms with van der Waals surface area (Å²) in [5.74, 6) is 6.54. The Hall–Kier alpha value is -2.11. The molecule has 0 saturated carbocycles. The van der Waals surface area contributed by atoms with E-state index in [1.165, 1.54) is 5.56 Å². The molecular weight excluding hydrogens is 286 g/mol. The molecule has 2 heterocycles. The number of hydrogen-bond acceptors (Lipinski definition) is 4. The average molecular weight is 300 g/mol. The minimum Gasteiger partial charge on any atom is -0.308 e. The van der Waals surface area contributed by atoms with E-state index < -0.39 is 0 Å². The molecule has 106 valence electrons. The van der Waals surface area contributed by atoms with E-state index in [1.54, 1.807) is 4.52 Å². The van der Waals surface area contributed by atoms with Crippen LogP contribution < -0.4 is 11.3 Å². The van der Waals surface area contributed by atoms with Crippen LogP contribution in [0.4, 0.5) is 5.82 Å². The first-order chi connectivity index (χ1) is 10.3. The van der Waals surface area contributed by atoms with Crippen molar-refractivity contribution in [3.05, 3.63) is 46.6 Å². The van der Waals surface area contributed by atoms with Crippen molar-refractivity contribution >= 4 is 23.1 Å². The number of aromatic nitrogens is 3. The maximum Gasteiger partial charge on any atom is 0.158 e. The Morgan fingerprint density at radius 3 is 2.95 bits per heavy atom. The first-order valence-corrected chi connectivity index (χ1v) is 7.28. The van der Waals surface area contributed by atoms with Crippen LogP contribution >= 0.6 is 11.6 Å². The van der Waals surface area contributed by atoms with Crippen LogP contribution in [0.25, 0.3) is 16.9 Å². The van der Waals surface area contributed by atoms with E-state index in [9.17, 15) is 0 Å². The standard InChI is InChI=1S/C15H14ClN5/c16-10-4-1-3-9(7-10)13-8-14-18-12-6-2-5-11(12)15(19-17)21(14)20-13/h1,3-4,7-8,19H,2,5-6,17H2. The number of hydrazine groups is 1. The van der Waals surface area contributed by atoms with Crippen LogP contribution in [0.1, 0.15) is 17.7 Å². The van der Waals surface area contributed by atoms with Gasteiger partial charge in [0.2, 0.25) is 0 Å². The molecule has 0 amide bonds. The molecular formula is C15H14ClN5. The zero-order chi connectivity index (χ0) is 14.4. The van der Waals surface area contributed by atoms with Crippen molar-refractivity contribution < 1.29 is 0 Å². The van der Waals surface area contributed by atoms with Gasteiger partial charge in [-0.25, -0.2) is 10.8 Å². The quantitative estimate of drug-likeness (QED) is 0.564. The molecule has 0 fully saturated rings. The number of rotatable bonds is 2. The molecule has 1 aliphatic rings. The van der Waals surface area contributed by atoms with Gasteiger partial charge in [-0.15, -0.1) is 0 Å². The lowest BCUT2D eigenvalue weighted by Gasteiger charge is -2.09. The Balaban J connectivity index is 1.95. The third-order valence-electron chi connectivity index (χ3n) is 3.88. The first kappa shape index (κ1) is 12.6. The summed E-state index contributed by atoms with van der Waals surface area (Å²) in [5, 5.41) is 5.32. The van der Waals surface area contributed by atoms with Gasteiger partial charge in [-0.2, -0.15) is 9.61 Å². The maximum absolute atomic E-state index is 6.05. The monoisotopic (exact) mass is 299 g/mol. The van der Waals surface area contributed by atoms with E-state index in [2.05, 4.69) is 10.5 Å². The summed E-state index contributed by atoms with van der Waals surface area (Å²) in [7, 11) is 0. The highest BCUT2D eigenvalue weighted by Crippen LogP contribution is 2.30. The highest BCUT2D eigenvalue weighted by atomic mass is 35.5. The number of fused-ring (bicyclic) bond motifs is 2. The lowest BCUT2D eigenvalue weighted by atomic mass is 10.1. The minimum absolute atomic E-state index is 0.692. The van der Waals surface area contributed by atoms with Crippen LogP contribution in [0.5, 0.6) is 0 Å². The summed E-state index contributed by atoms with van der Waals surface area (Å²) in [5.41, 5.74) is 7.68. The molecule has 5 nitrogen and oxygen atoms in total. The topological polar surface area (TPSA) is 68.2 Å². The Kier molecular flexibility index (Phi) is 2.83. The van der Waals surface area contributed by atoms with Crippen molar-refractivity contribution in [2.45, 2.75) is 19.3 Å². The van der Waals surface area contributed by atoms with Gasteiger partial charge in [0.1, 0.15) is 5.82 Å². The zero-order valence-corrected chi connectivity index (χ0v) is 12.1. The van der Waals surface area contributed by atoms with Crippen molar-refractivity contribution in [1.82, 2.24) is 14.6 Å². The molecule has 0 unspecified atom stereocenters. The molecule has 3 N–H and O–H groups in total. The smallest absolute Gasteiger partial charge is 0.158 e. The summed E-state index contributed by atoms with van der Waals surface area (Å²) >= 11 is 6.05. The van der Waals surface area contributed by atoms with Crippen LogP contribution in [0.2, 0.25) is 5.02 Å². The van der Waals surface area contributed by atoms with E-state index >= 15 is 0 Å². The third-order valence-corrected chi connectivity index (χ3v) is 4.12. The largest absolute Gasteiger partial charge is 0.308 e. The van der Waals surface area contributed by atoms with Gasteiger partial charge in [-0.3, -0.25) is 0 Å². The molecule has 0 saturated heterocycles. The normalized spacial score (nSPS) is 13.6. The van der Waals surface area contributed by atoms with Gasteiger partial charge >= 0.3 is 0 Å². The van der Waals surface area contributed by atoms with E-state index in [1.807, 2.05) is 30.3 Å². The number of anilines is 1. The van der Waals surface area contributed by atoms with Gasteiger partial charge in [0, 0.05) is 27.9 Å². The van der Waals surface area contributed by atoms with Crippen LogP contribution in [0, 0.1) is 0 Å². The first-order valence-electron chi connectivity index (χ1n) is 6.90. The Morgan fingerprint density at radius 2 is 2.14 bits per heavy atom. The van der Waals surface area contributed by atoms with E-state index in [-0.39, 0.29) is 0 Å². The van der Waals surface area contributed by atoms with Crippen LogP contribution in [-0.2, 0) is 12.8 Å². The highest BCUT2D eigenvalue weighted by Gasteiger charge is 2.20. The summed E-state index contributed by atoms with van der Waals surface area (Å²) in [6.07, 6.45) is 3.10. The lowest BCUT2D eigenvalue weighted by Crippen LogP contribution is -2.15. The number of benzene rings is 1. The second kappa shape index (κ2) is 4.72. The summed E-state index contributed by atoms with van der Waals surface area (Å²) in [6.45, 7) is 0. The maximum atomic E-state index is 6.05. The number of hydrogen-bond donors (Lipinski definition) is 2. The van der Waals surface area contributed by atoms with Crippen molar-refractivity contribution in [3.8, 4) is 11.3 Å². The number of halogens is 1. The molecule has 2 aromatic heterocycles. The predicted molar refractivity (Wildman–Crippen MR) is 83.3 cm³/mol. The fourth-order valence-corrected chi connectivity index (χ4v) is 3.12. The van der Waals surface area contributed by atoms with Gasteiger partial charge in [0.25, 0.3) is 0 Å². The van der Waals surface area contributed by atoms with Gasteiger partial charge < -0.3 is 5.43 Å². The summed E-state index contributed by atoms with van der Waals surface area (Å²) in [4.78, 5) is 4.70. The Morgan fingerprint density at radius 1 is 1.24 bits per heavy atom. The molecule has 3 aromatic rings. The lowest BCUT2D eigenvalue weighted by molar-refractivity contribution is 0.900. The van der Waals surface area contributed by atoms with E-state index in [4.69, 9.17) is 22.4 Å². The number of nitrogens with zero attached hydrogens (tertiary/aromatic N) is 3. The van der Waals surface area contributed by atoms with Crippen molar-refractivity contribution in [2.24, 2.45) is 5.84 Å². The molecule has 1 aliphatic carbocycles. The molecule has 0 spiro atoms. The second-order valence-corrected chi connectivity index (χ2v) is 5.63. The minimum atomic E-state index is 0.692. The average Bonchev–Trinajstić information content (AvgIpc) is 3.10. The van der Waals surface area contributed by atoms with E-state index in [0.717, 1.165) is 47.7 Å².